The highest BCUT2D eigenvalue weighted by Crippen LogP contribution is 2.17. The quantitative estimate of drug-likeness (QED) is 0.589. The number of rotatable bonds is 5. The Morgan fingerprint density at radius 3 is 2.58 bits per heavy atom. The maximum absolute atomic E-state index is 12.3. The average Bonchev–Trinajstić information content (AvgIpc) is 2.68. The van der Waals surface area contributed by atoms with Gasteiger partial charge in [0.2, 0.25) is 5.91 Å². The minimum atomic E-state index is 0.0314. The summed E-state index contributed by atoms with van der Waals surface area (Å²) in [4.78, 5) is 16.7. The molecule has 0 spiro atoms. The molecule has 0 atom stereocenters. The van der Waals surface area contributed by atoms with E-state index in [4.69, 9.17) is 0 Å². The van der Waals surface area contributed by atoms with E-state index in [1.807, 2.05) is 42.5 Å². The van der Waals surface area contributed by atoms with Crippen LogP contribution in [0.1, 0.15) is 11.1 Å². The van der Waals surface area contributed by atoms with Crippen LogP contribution in [0.2, 0.25) is 0 Å². The lowest BCUT2D eigenvalue weighted by atomic mass is 10.0. The van der Waals surface area contributed by atoms with Crippen LogP contribution in [0.25, 0.3) is 21.7 Å². The van der Waals surface area contributed by atoms with E-state index >= 15 is 0 Å². The molecular weight excluding hydrogens is 320 g/mol. The van der Waals surface area contributed by atoms with Gasteiger partial charge in [-0.3, -0.25) is 9.78 Å². The summed E-state index contributed by atoms with van der Waals surface area (Å²) in [6, 6.07) is 24.7. The van der Waals surface area contributed by atoms with Crippen molar-refractivity contribution < 1.29 is 4.79 Å². The number of carbonyl (C=O) groups is 1. The number of hydrogen-bond acceptors (Lipinski definition) is 2. The molecule has 1 N–H and O–H groups in total. The molecule has 128 valence electrons. The number of nitrogens with one attached hydrogen (secondary N) is 1. The molecular formula is C23H20N2O. The van der Waals surface area contributed by atoms with Crippen LogP contribution >= 0.6 is 0 Å². The molecule has 0 unspecified atom stereocenters. The van der Waals surface area contributed by atoms with Crippen molar-refractivity contribution in [2.75, 3.05) is 6.54 Å². The van der Waals surface area contributed by atoms with Gasteiger partial charge in [-0.1, -0.05) is 66.7 Å². The van der Waals surface area contributed by atoms with Gasteiger partial charge in [-0.25, -0.2) is 0 Å². The molecule has 1 amide bonds. The Balaban J connectivity index is 1.37. The van der Waals surface area contributed by atoms with Crippen LogP contribution in [0.4, 0.5) is 0 Å². The Labute approximate surface area is 152 Å². The van der Waals surface area contributed by atoms with Crippen molar-refractivity contribution in [1.29, 1.82) is 0 Å². The molecule has 26 heavy (non-hydrogen) atoms. The lowest BCUT2D eigenvalue weighted by Gasteiger charge is -2.08. The van der Waals surface area contributed by atoms with E-state index in [-0.39, 0.29) is 5.91 Å². The monoisotopic (exact) mass is 340 g/mol. The van der Waals surface area contributed by atoms with Crippen molar-refractivity contribution in [3.8, 4) is 0 Å². The second-order valence-electron chi connectivity index (χ2n) is 6.45. The third kappa shape index (κ3) is 3.57. The first-order valence-corrected chi connectivity index (χ1v) is 8.86. The van der Waals surface area contributed by atoms with E-state index in [1.165, 1.54) is 16.3 Å². The average molecular weight is 340 g/mol. The van der Waals surface area contributed by atoms with Gasteiger partial charge in [0.1, 0.15) is 0 Å². The fourth-order valence-corrected chi connectivity index (χ4v) is 3.29. The molecule has 0 saturated heterocycles. The molecule has 3 nitrogen and oxygen atoms in total. The third-order valence-corrected chi connectivity index (χ3v) is 4.62. The summed E-state index contributed by atoms with van der Waals surface area (Å²) >= 11 is 0. The zero-order chi connectivity index (χ0) is 17.8. The van der Waals surface area contributed by atoms with Crippen molar-refractivity contribution in [3.63, 3.8) is 0 Å². The van der Waals surface area contributed by atoms with Crippen molar-refractivity contribution in [2.45, 2.75) is 12.8 Å². The first-order valence-electron chi connectivity index (χ1n) is 8.86. The lowest BCUT2D eigenvalue weighted by Crippen LogP contribution is -2.27. The molecule has 0 aliphatic carbocycles. The molecule has 4 rings (SSSR count). The molecule has 4 aromatic rings. The summed E-state index contributed by atoms with van der Waals surface area (Å²) in [6.07, 6.45) is 2.94. The number of benzene rings is 3. The zero-order valence-corrected chi connectivity index (χ0v) is 14.5. The molecule has 3 aromatic carbocycles. The van der Waals surface area contributed by atoms with Crippen LogP contribution in [0.5, 0.6) is 0 Å². The van der Waals surface area contributed by atoms with E-state index in [2.05, 4.69) is 40.6 Å². The van der Waals surface area contributed by atoms with Crippen LogP contribution in [0, 0.1) is 0 Å². The summed E-state index contributed by atoms with van der Waals surface area (Å²) in [5.41, 5.74) is 3.10. The summed E-state index contributed by atoms with van der Waals surface area (Å²) in [7, 11) is 0. The van der Waals surface area contributed by atoms with Gasteiger partial charge >= 0.3 is 0 Å². The fourth-order valence-electron chi connectivity index (χ4n) is 3.29. The maximum Gasteiger partial charge on any atom is 0.224 e. The first-order chi connectivity index (χ1) is 12.8. The van der Waals surface area contributed by atoms with E-state index in [1.54, 1.807) is 6.20 Å². The highest BCUT2D eigenvalue weighted by molar-refractivity contribution is 5.87. The topological polar surface area (TPSA) is 42.0 Å². The van der Waals surface area contributed by atoms with Gasteiger partial charge in [-0.05, 0) is 34.4 Å². The summed E-state index contributed by atoms with van der Waals surface area (Å²) in [5, 5.41) is 6.56. The molecule has 0 bridgehead atoms. The first kappa shape index (κ1) is 16.3. The number of carbonyl (C=O) groups excluding carboxylic acids is 1. The highest BCUT2D eigenvalue weighted by Gasteiger charge is 2.07. The Morgan fingerprint density at radius 2 is 1.65 bits per heavy atom. The summed E-state index contributed by atoms with van der Waals surface area (Å²) in [6.45, 7) is 0.634. The number of hydrogen-bond donors (Lipinski definition) is 1. The lowest BCUT2D eigenvalue weighted by molar-refractivity contribution is -0.120. The van der Waals surface area contributed by atoms with Crippen LogP contribution in [0.15, 0.2) is 79.0 Å². The summed E-state index contributed by atoms with van der Waals surface area (Å²) in [5.74, 6) is 0.0314. The number of pyridine rings is 1. The van der Waals surface area contributed by atoms with E-state index < -0.39 is 0 Å². The number of nitrogens with zero attached hydrogens (tertiary/aromatic N) is 1. The molecule has 1 aromatic heterocycles. The largest absolute Gasteiger partial charge is 0.355 e. The van der Waals surface area contributed by atoms with Crippen LogP contribution < -0.4 is 5.32 Å². The second kappa shape index (κ2) is 7.36. The molecule has 3 heteroatoms. The molecule has 0 fully saturated rings. The minimum absolute atomic E-state index is 0.0314. The van der Waals surface area contributed by atoms with Gasteiger partial charge in [0, 0.05) is 18.1 Å². The van der Waals surface area contributed by atoms with Gasteiger partial charge in [-0.2, -0.15) is 0 Å². The van der Waals surface area contributed by atoms with Crippen molar-refractivity contribution in [1.82, 2.24) is 10.3 Å². The van der Waals surface area contributed by atoms with Crippen molar-refractivity contribution >= 4 is 27.6 Å². The van der Waals surface area contributed by atoms with Crippen molar-refractivity contribution in [3.05, 3.63) is 90.1 Å². The number of amides is 1. The van der Waals surface area contributed by atoms with E-state index in [0.29, 0.717) is 13.0 Å². The summed E-state index contributed by atoms with van der Waals surface area (Å²) < 4.78 is 0. The molecule has 0 aliphatic heterocycles. The van der Waals surface area contributed by atoms with E-state index in [9.17, 15) is 4.79 Å². The van der Waals surface area contributed by atoms with Gasteiger partial charge in [-0.15, -0.1) is 0 Å². The standard InChI is InChI=1S/C23H20N2O/c26-22(16-21-8-3-7-19-9-4-13-25-23(19)21)24-14-12-17-10-11-18-5-1-2-6-20(18)15-17/h1-11,13,15H,12,14,16H2,(H,24,26). The molecule has 0 aliphatic rings. The van der Waals surface area contributed by atoms with Crippen LogP contribution in [0.3, 0.4) is 0 Å². The molecule has 0 radical (unpaired) electrons. The molecule has 0 saturated carbocycles. The van der Waals surface area contributed by atoms with Crippen molar-refractivity contribution in [2.24, 2.45) is 0 Å². The second-order valence-corrected chi connectivity index (χ2v) is 6.45. The smallest absolute Gasteiger partial charge is 0.224 e. The van der Waals surface area contributed by atoms with Gasteiger partial charge in [0.15, 0.2) is 0 Å². The van der Waals surface area contributed by atoms with Gasteiger partial charge in [0.25, 0.3) is 0 Å². The molecule has 1 heterocycles. The maximum atomic E-state index is 12.3. The predicted molar refractivity (Wildman–Crippen MR) is 106 cm³/mol. The third-order valence-electron chi connectivity index (χ3n) is 4.62. The number of aromatic nitrogens is 1. The normalized spacial score (nSPS) is 10.9. The highest BCUT2D eigenvalue weighted by atomic mass is 16.1. The SMILES string of the molecule is O=C(Cc1cccc2cccnc12)NCCc1ccc2ccccc2c1. The van der Waals surface area contributed by atoms with Crippen LogP contribution in [-0.2, 0) is 17.6 Å². The predicted octanol–water partition coefficient (Wildman–Crippen LogP) is 4.29. The zero-order valence-electron chi connectivity index (χ0n) is 14.5. The van der Waals surface area contributed by atoms with E-state index in [0.717, 1.165) is 22.9 Å². The number of fused-ring (bicyclic) bond motifs is 2. The Kier molecular flexibility index (Phi) is 4.61. The fraction of sp³-hybridized carbons (Fsp3) is 0.130. The van der Waals surface area contributed by atoms with Crippen LogP contribution in [-0.4, -0.2) is 17.4 Å². The van der Waals surface area contributed by atoms with Gasteiger partial charge in [0.05, 0.1) is 11.9 Å². The minimum Gasteiger partial charge on any atom is -0.355 e. The Bertz CT molecular complexity index is 1070. The van der Waals surface area contributed by atoms with Gasteiger partial charge < -0.3 is 5.32 Å². The Hall–Kier alpha value is -3.20. The number of para-hydroxylation sites is 1. The Morgan fingerprint density at radius 1 is 0.846 bits per heavy atom.